The highest BCUT2D eigenvalue weighted by Gasteiger charge is 2.05. The van der Waals surface area contributed by atoms with Crippen LogP contribution in [0, 0.1) is 19.7 Å². The average Bonchev–Trinajstić information content (AvgIpc) is 2.76. The van der Waals surface area contributed by atoms with Crippen molar-refractivity contribution in [3.63, 3.8) is 0 Å². The smallest absolute Gasteiger partial charge is 0.220 e. The Kier molecular flexibility index (Phi) is 5.14. The van der Waals surface area contributed by atoms with Crippen molar-refractivity contribution < 1.29 is 9.18 Å². The first-order valence-corrected chi connectivity index (χ1v) is 7.21. The van der Waals surface area contributed by atoms with Gasteiger partial charge in [-0.15, -0.1) is 0 Å². The van der Waals surface area contributed by atoms with Crippen molar-refractivity contribution in [1.82, 2.24) is 10.3 Å². The molecule has 0 aliphatic heterocycles. The molecule has 21 heavy (non-hydrogen) atoms. The van der Waals surface area contributed by atoms with Crippen LogP contribution in [-0.2, 0) is 17.6 Å². The number of halogens is 1. The van der Waals surface area contributed by atoms with Crippen molar-refractivity contribution in [2.75, 3.05) is 6.54 Å². The Morgan fingerprint density at radius 1 is 1.19 bits per heavy atom. The number of benzene rings is 1. The van der Waals surface area contributed by atoms with Gasteiger partial charge in [-0.25, -0.2) is 4.39 Å². The minimum absolute atomic E-state index is 0.0317. The third-order valence-electron chi connectivity index (χ3n) is 3.53. The van der Waals surface area contributed by atoms with Crippen LogP contribution in [0.5, 0.6) is 0 Å². The number of aryl methyl sites for hydroxylation is 3. The molecule has 0 saturated carbocycles. The lowest BCUT2D eigenvalue weighted by molar-refractivity contribution is -0.121. The molecule has 1 heterocycles. The molecule has 0 spiro atoms. The van der Waals surface area contributed by atoms with E-state index in [0.717, 1.165) is 23.4 Å². The predicted octanol–water partition coefficient (Wildman–Crippen LogP) is 3.06. The highest BCUT2D eigenvalue weighted by atomic mass is 19.1. The molecule has 0 aliphatic rings. The topological polar surface area (TPSA) is 44.9 Å². The van der Waals surface area contributed by atoms with Gasteiger partial charge in [0.15, 0.2) is 0 Å². The molecular formula is C17H21FN2O. The number of carbonyl (C=O) groups is 1. The zero-order valence-corrected chi connectivity index (χ0v) is 12.5. The molecule has 4 heteroatoms. The van der Waals surface area contributed by atoms with Crippen LogP contribution in [0.25, 0.3) is 0 Å². The number of aromatic amines is 1. The molecule has 0 bridgehead atoms. The number of hydrogen-bond donors (Lipinski definition) is 2. The average molecular weight is 288 g/mol. The summed E-state index contributed by atoms with van der Waals surface area (Å²) in [5.74, 6) is -0.218. The second-order valence-electron chi connectivity index (χ2n) is 5.33. The molecule has 2 rings (SSSR count). The molecule has 112 valence electrons. The van der Waals surface area contributed by atoms with E-state index in [1.807, 2.05) is 13.8 Å². The quantitative estimate of drug-likeness (QED) is 0.843. The van der Waals surface area contributed by atoms with Crippen molar-refractivity contribution in [2.45, 2.75) is 33.1 Å². The molecule has 0 aliphatic carbocycles. The highest BCUT2D eigenvalue weighted by molar-refractivity contribution is 5.76. The maximum absolute atomic E-state index is 12.8. The summed E-state index contributed by atoms with van der Waals surface area (Å²) in [5.41, 5.74) is 4.52. The molecule has 0 saturated heterocycles. The Labute approximate surface area is 124 Å². The van der Waals surface area contributed by atoms with Gasteiger partial charge in [0.25, 0.3) is 0 Å². The molecule has 0 atom stereocenters. The first-order chi connectivity index (χ1) is 10.0. The van der Waals surface area contributed by atoms with Crippen LogP contribution in [-0.4, -0.2) is 17.4 Å². The van der Waals surface area contributed by atoms with E-state index in [-0.39, 0.29) is 11.7 Å². The van der Waals surface area contributed by atoms with Crippen LogP contribution in [0.1, 0.15) is 28.9 Å². The Balaban J connectivity index is 1.70. The second kappa shape index (κ2) is 7.07. The van der Waals surface area contributed by atoms with Gasteiger partial charge in [-0.05, 0) is 56.0 Å². The number of aromatic nitrogens is 1. The summed E-state index contributed by atoms with van der Waals surface area (Å²) >= 11 is 0. The summed E-state index contributed by atoms with van der Waals surface area (Å²) in [4.78, 5) is 15.0. The summed E-state index contributed by atoms with van der Waals surface area (Å²) < 4.78 is 12.8. The van der Waals surface area contributed by atoms with Gasteiger partial charge in [-0.1, -0.05) is 12.1 Å². The fourth-order valence-corrected chi connectivity index (χ4v) is 2.38. The fourth-order valence-electron chi connectivity index (χ4n) is 2.38. The standard InChI is InChI=1S/C17H21FN2O/c1-12-11-15(13(2)20-12)9-10-19-17(21)8-5-14-3-6-16(18)7-4-14/h3-4,6-7,11,20H,5,8-10H2,1-2H3,(H,19,21). The van der Waals surface area contributed by atoms with E-state index in [1.165, 1.54) is 17.7 Å². The van der Waals surface area contributed by atoms with Crippen molar-refractivity contribution >= 4 is 5.91 Å². The minimum Gasteiger partial charge on any atom is -0.362 e. The third-order valence-corrected chi connectivity index (χ3v) is 3.53. The van der Waals surface area contributed by atoms with Crippen molar-refractivity contribution in [3.8, 4) is 0 Å². The van der Waals surface area contributed by atoms with Crippen LogP contribution in [0.2, 0.25) is 0 Å². The Morgan fingerprint density at radius 3 is 2.52 bits per heavy atom. The summed E-state index contributed by atoms with van der Waals surface area (Å²) in [6.07, 6.45) is 1.89. The molecule has 0 fully saturated rings. The first-order valence-electron chi connectivity index (χ1n) is 7.21. The lowest BCUT2D eigenvalue weighted by Gasteiger charge is -2.05. The van der Waals surface area contributed by atoms with E-state index in [4.69, 9.17) is 0 Å². The normalized spacial score (nSPS) is 10.6. The zero-order chi connectivity index (χ0) is 15.2. The summed E-state index contributed by atoms with van der Waals surface area (Å²) in [6, 6.07) is 8.39. The van der Waals surface area contributed by atoms with Gasteiger partial charge in [-0.2, -0.15) is 0 Å². The predicted molar refractivity (Wildman–Crippen MR) is 81.7 cm³/mol. The number of amides is 1. The summed E-state index contributed by atoms with van der Waals surface area (Å²) in [5, 5.41) is 2.92. The van der Waals surface area contributed by atoms with Gasteiger partial charge in [0.2, 0.25) is 5.91 Å². The zero-order valence-electron chi connectivity index (χ0n) is 12.5. The third kappa shape index (κ3) is 4.74. The minimum atomic E-state index is -0.250. The molecule has 2 N–H and O–H groups in total. The van der Waals surface area contributed by atoms with Crippen LogP contribution >= 0.6 is 0 Å². The molecule has 2 aromatic rings. The van der Waals surface area contributed by atoms with Crippen molar-refractivity contribution in [3.05, 3.63) is 58.7 Å². The number of carbonyl (C=O) groups excluding carboxylic acids is 1. The Hall–Kier alpha value is -2.10. The van der Waals surface area contributed by atoms with Gasteiger partial charge in [-0.3, -0.25) is 4.79 Å². The van der Waals surface area contributed by atoms with E-state index in [2.05, 4.69) is 16.4 Å². The molecular weight excluding hydrogens is 267 g/mol. The summed E-state index contributed by atoms with van der Waals surface area (Å²) in [7, 11) is 0. The second-order valence-corrected chi connectivity index (χ2v) is 5.33. The summed E-state index contributed by atoms with van der Waals surface area (Å²) in [6.45, 7) is 4.71. The van der Waals surface area contributed by atoms with E-state index in [9.17, 15) is 9.18 Å². The van der Waals surface area contributed by atoms with E-state index in [0.29, 0.717) is 19.4 Å². The van der Waals surface area contributed by atoms with Crippen LogP contribution in [0.3, 0.4) is 0 Å². The van der Waals surface area contributed by atoms with Crippen LogP contribution < -0.4 is 5.32 Å². The van der Waals surface area contributed by atoms with Crippen molar-refractivity contribution in [1.29, 1.82) is 0 Å². The molecule has 1 aromatic heterocycles. The number of nitrogens with one attached hydrogen (secondary N) is 2. The van der Waals surface area contributed by atoms with Gasteiger partial charge < -0.3 is 10.3 Å². The molecule has 3 nitrogen and oxygen atoms in total. The molecule has 1 amide bonds. The van der Waals surface area contributed by atoms with Gasteiger partial charge in [0.1, 0.15) is 5.82 Å². The molecule has 1 aromatic carbocycles. The Bertz CT molecular complexity index is 602. The number of hydrogen-bond acceptors (Lipinski definition) is 1. The Morgan fingerprint density at radius 2 is 1.90 bits per heavy atom. The first kappa shape index (κ1) is 15.3. The maximum atomic E-state index is 12.8. The SMILES string of the molecule is Cc1cc(CCNC(=O)CCc2ccc(F)cc2)c(C)[nH]1. The van der Waals surface area contributed by atoms with E-state index < -0.39 is 0 Å². The largest absolute Gasteiger partial charge is 0.362 e. The fraction of sp³-hybridized carbons (Fsp3) is 0.353. The maximum Gasteiger partial charge on any atom is 0.220 e. The van der Waals surface area contributed by atoms with Crippen LogP contribution in [0.4, 0.5) is 4.39 Å². The number of H-pyrrole nitrogens is 1. The number of rotatable bonds is 6. The van der Waals surface area contributed by atoms with Crippen molar-refractivity contribution in [2.24, 2.45) is 0 Å². The van der Waals surface area contributed by atoms with Gasteiger partial charge in [0, 0.05) is 24.4 Å². The molecule has 0 unspecified atom stereocenters. The lowest BCUT2D eigenvalue weighted by Crippen LogP contribution is -2.25. The van der Waals surface area contributed by atoms with E-state index in [1.54, 1.807) is 12.1 Å². The monoisotopic (exact) mass is 288 g/mol. The van der Waals surface area contributed by atoms with Gasteiger partial charge >= 0.3 is 0 Å². The van der Waals surface area contributed by atoms with Gasteiger partial charge in [0.05, 0.1) is 0 Å². The highest BCUT2D eigenvalue weighted by Crippen LogP contribution is 2.09. The lowest BCUT2D eigenvalue weighted by atomic mass is 10.1. The molecule has 0 radical (unpaired) electrons. The van der Waals surface area contributed by atoms with Crippen LogP contribution in [0.15, 0.2) is 30.3 Å². The van der Waals surface area contributed by atoms with E-state index >= 15 is 0 Å².